The van der Waals surface area contributed by atoms with E-state index in [9.17, 15) is 18.0 Å². The first-order chi connectivity index (χ1) is 11.2. The van der Waals surface area contributed by atoms with Crippen molar-refractivity contribution in [3.05, 3.63) is 23.8 Å². The Labute approximate surface area is 141 Å². The molecule has 0 radical (unpaired) electrons. The Kier molecular flexibility index (Phi) is 7.18. The predicted molar refractivity (Wildman–Crippen MR) is 87.2 cm³/mol. The van der Waals surface area contributed by atoms with Gasteiger partial charge in [0.2, 0.25) is 15.9 Å². The third-order valence-corrected chi connectivity index (χ3v) is 4.72. The summed E-state index contributed by atoms with van der Waals surface area (Å²) < 4.78 is 32.3. The lowest BCUT2D eigenvalue weighted by molar-refractivity contribution is -0.139. The van der Waals surface area contributed by atoms with Crippen LogP contribution in [0.3, 0.4) is 0 Å². The van der Waals surface area contributed by atoms with Crippen molar-refractivity contribution in [2.24, 2.45) is 0 Å². The van der Waals surface area contributed by atoms with Gasteiger partial charge >= 0.3 is 5.97 Å². The molecule has 1 unspecified atom stereocenters. The second-order valence-corrected chi connectivity index (χ2v) is 6.88. The van der Waals surface area contributed by atoms with E-state index in [2.05, 4.69) is 10.0 Å². The summed E-state index contributed by atoms with van der Waals surface area (Å²) >= 11 is 0. The zero-order valence-electron chi connectivity index (χ0n) is 13.8. The Morgan fingerprint density at radius 2 is 2.00 bits per heavy atom. The SMILES string of the molecule is CCCC(NS(=O)(=O)c1cc(CNC(C)=O)ccc1OC)C(=O)O. The molecule has 1 aromatic rings. The monoisotopic (exact) mass is 358 g/mol. The van der Waals surface area contributed by atoms with Crippen LogP contribution < -0.4 is 14.8 Å². The number of amides is 1. The number of carbonyl (C=O) groups excluding carboxylic acids is 1. The van der Waals surface area contributed by atoms with E-state index in [0.29, 0.717) is 12.0 Å². The molecule has 134 valence electrons. The Morgan fingerprint density at radius 3 is 2.50 bits per heavy atom. The lowest BCUT2D eigenvalue weighted by Gasteiger charge is -2.16. The van der Waals surface area contributed by atoms with E-state index < -0.39 is 22.0 Å². The molecule has 3 N–H and O–H groups in total. The number of methoxy groups -OCH3 is 1. The fourth-order valence-electron chi connectivity index (χ4n) is 2.04. The molecular formula is C15H22N2O6S. The number of carbonyl (C=O) groups is 2. The van der Waals surface area contributed by atoms with Gasteiger partial charge in [0, 0.05) is 13.5 Å². The number of rotatable bonds is 9. The number of carboxylic acid groups (broad SMARTS) is 1. The number of carboxylic acids is 1. The van der Waals surface area contributed by atoms with Gasteiger partial charge in [0.15, 0.2) is 0 Å². The summed E-state index contributed by atoms with van der Waals surface area (Å²) in [5.41, 5.74) is 0.550. The highest BCUT2D eigenvalue weighted by molar-refractivity contribution is 7.89. The summed E-state index contributed by atoms with van der Waals surface area (Å²) in [6.07, 6.45) is 0.682. The molecule has 0 bridgehead atoms. The first-order valence-electron chi connectivity index (χ1n) is 7.37. The van der Waals surface area contributed by atoms with Crippen molar-refractivity contribution in [1.29, 1.82) is 0 Å². The molecule has 24 heavy (non-hydrogen) atoms. The summed E-state index contributed by atoms with van der Waals surface area (Å²) in [4.78, 5) is 22.0. The van der Waals surface area contributed by atoms with Gasteiger partial charge < -0.3 is 15.2 Å². The van der Waals surface area contributed by atoms with Gasteiger partial charge in [-0.25, -0.2) is 8.42 Å². The molecule has 0 spiro atoms. The Morgan fingerprint density at radius 1 is 1.33 bits per heavy atom. The quantitative estimate of drug-likeness (QED) is 0.602. The molecule has 1 aromatic carbocycles. The van der Waals surface area contributed by atoms with Gasteiger partial charge in [-0.3, -0.25) is 9.59 Å². The topological polar surface area (TPSA) is 122 Å². The van der Waals surface area contributed by atoms with Gasteiger partial charge in [0.05, 0.1) is 7.11 Å². The maximum Gasteiger partial charge on any atom is 0.321 e. The van der Waals surface area contributed by atoms with Gasteiger partial charge in [-0.15, -0.1) is 0 Å². The van der Waals surface area contributed by atoms with Crippen molar-refractivity contribution in [3.63, 3.8) is 0 Å². The van der Waals surface area contributed by atoms with Crippen molar-refractivity contribution < 1.29 is 27.9 Å². The fraction of sp³-hybridized carbons (Fsp3) is 0.467. The maximum atomic E-state index is 12.6. The van der Waals surface area contributed by atoms with E-state index in [1.54, 1.807) is 13.0 Å². The highest BCUT2D eigenvalue weighted by atomic mass is 32.2. The lowest BCUT2D eigenvalue weighted by Crippen LogP contribution is -2.40. The zero-order valence-corrected chi connectivity index (χ0v) is 14.6. The maximum absolute atomic E-state index is 12.6. The third-order valence-electron chi connectivity index (χ3n) is 3.23. The average molecular weight is 358 g/mol. The number of nitrogens with one attached hydrogen (secondary N) is 2. The Balaban J connectivity index is 3.17. The first-order valence-corrected chi connectivity index (χ1v) is 8.86. The molecule has 0 aromatic heterocycles. The second-order valence-electron chi connectivity index (χ2n) is 5.20. The van der Waals surface area contributed by atoms with Crippen LogP contribution in [0.1, 0.15) is 32.3 Å². The van der Waals surface area contributed by atoms with Crippen LogP contribution in [0.2, 0.25) is 0 Å². The number of hydrogen-bond donors (Lipinski definition) is 3. The van der Waals surface area contributed by atoms with Crippen molar-refractivity contribution >= 4 is 21.9 Å². The van der Waals surface area contributed by atoms with Crippen LogP contribution in [0.25, 0.3) is 0 Å². The Hall–Kier alpha value is -2.13. The van der Waals surface area contributed by atoms with Gasteiger partial charge in [-0.05, 0) is 24.1 Å². The molecule has 0 aliphatic heterocycles. The molecule has 0 saturated heterocycles. The number of ether oxygens (including phenoxy) is 1. The van der Waals surface area contributed by atoms with E-state index in [1.807, 2.05) is 0 Å². The normalized spacial score (nSPS) is 12.5. The van der Waals surface area contributed by atoms with Gasteiger partial charge in [0.25, 0.3) is 0 Å². The van der Waals surface area contributed by atoms with Crippen molar-refractivity contribution in [1.82, 2.24) is 10.0 Å². The summed E-state index contributed by atoms with van der Waals surface area (Å²) in [7, 11) is -2.78. The third kappa shape index (κ3) is 5.50. The lowest BCUT2D eigenvalue weighted by atomic mass is 10.2. The fourth-order valence-corrected chi connectivity index (χ4v) is 3.48. The molecular weight excluding hydrogens is 336 g/mol. The number of sulfonamides is 1. The molecule has 0 saturated carbocycles. The smallest absolute Gasteiger partial charge is 0.321 e. The Bertz CT molecular complexity index is 702. The second kappa shape index (κ2) is 8.65. The average Bonchev–Trinajstić information content (AvgIpc) is 2.51. The minimum absolute atomic E-state index is 0.0923. The van der Waals surface area contributed by atoms with Gasteiger partial charge in [-0.2, -0.15) is 4.72 Å². The van der Waals surface area contributed by atoms with Crippen molar-refractivity contribution in [2.75, 3.05) is 7.11 Å². The van der Waals surface area contributed by atoms with E-state index in [-0.39, 0.29) is 29.5 Å². The molecule has 1 amide bonds. The molecule has 0 aliphatic carbocycles. The molecule has 9 heteroatoms. The van der Waals surface area contributed by atoms with Crippen LogP contribution >= 0.6 is 0 Å². The number of hydrogen-bond acceptors (Lipinski definition) is 5. The zero-order chi connectivity index (χ0) is 18.3. The van der Waals surface area contributed by atoms with Crippen molar-refractivity contribution in [3.8, 4) is 5.75 Å². The summed E-state index contributed by atoms with van der Waals surface area (Å²) in [6.45, 7) is 3.27. The van der Waals surface area contributed by atoms with Crippen LogP contribution in [-0.2, 0) is 26.2 Å². The van der Waals surface area contributed by atoms with Crippen LogP contribution in [-0.4, -0.2) is 38.6 Å². The first kappa shape index (κ1) is 19.9. The summed E-state index contributed by atoms with van der Waals surface area (Å²) in [5, 5.41) is 11.7. The molecule has 8 nitrogen and oxygen atoms in total. The van der Waals surface area contributed by atoms with Gasteiger partial charge in [-0.1, -0.05) is 19.4 Å². The summed E-state index contributed by atoms with van der Waals surface area (Å²) in [6, 6.07) is 3.21. The minimum atomic E-state index is -4.10. The summed E-state index contributed by atoms with van der Waals surface area (Å²) in [5.74, 6) is -1.40. The predicted octanol–water partition coefficient (Wildman–Crippen LogP) is 0.863. The van der Waals surface area contributed by atoms with Crippen LogP contribution in [0.15, 0.2) is 23.1 Å². The standard InChI is InChI=1S/C15H22N2O6S/c1-4-5-12(15(19)20)17-24(21,22)14-8-11(9-16-10(2)18)6-7-13(14)23-3/h6-8,12,17H,4-5,9H2,1-3H3,(H,16,18)(H,19,20). The van der Waals surface area contributed by atoms with E-state index in [0.717, 1.165) is 0 Å². The molecule has 1 rings (SSSR count). The van der Waals surface area contributed by atoms with E-state index >= 15 is 0 Å². The minimum Gasteiger partial charge on any atom is -0.495 e. The molecule has 0 aliphatic rings. The molecule has 0 heterocycles. The van der Waals surface area contributed by atoms with Crippen LogP contribution in [0.4, 0.5) is 0 Å². The molecule has 0 fully saturated rings. The van der Waals surface area contributed by atoms with Crippen molar-refractivity contribution in [2.45, 2.75) is 44.2 Å². The number of aliphatic carboxylic acids is 1. The van der Waals surface area contributed by atoms with Crippen LogP contribution in [0, 0.1) is 0 Å². The largest absolute Gasteiger partial charge is 0.495 e. The molecule has 1 atom stereocenters. The van der Waals surface area contributed by atoms with Crippen LogP contribution in [0.5, 0.6) is 5.75 Å². The van der Waals surface area contributed by atoms with E-state index in [1.165, 1.54) is 26.2 Å². The van der Waals surface area contributed by atoms with E-state index in [4.69, 9.17) is 9.84 Å². The highest BCUT2D eigenvalue weighted by Gasteiger charge is 2.27. The number of benzene rings is 1. The highest BCUT2D eigenvalue weighted by Crippen LogP contribution is 2.25. The van der Waals surface area contributed by atoms with Gasteiger partial charge in [0.1, 0.15) is 16.7 Å².